The fraction of sp³-hybridized carbons (Fsp3) is 0.200. The van der Waals surface area contributed by atoms with Gasteiger partial charge in [0.25, 0.3) is 0 Å². The number of amides is 1. The topological polar surface area (TPSA) is 50.2 Å². The van der Waals surface area contributed by atoms with Crippen molar-refractivity contribution in [3.8, 4) is 5.69 Å². The maximum absolute atomic E-state index is 13.3. The normalized spacial score (nSPS) is 16.4. The van der Waals surface area contributed by atoms with E-state index in [1.807, 2.05) is 42.5 Å². The van der Waals surface area contributed by atoms with E-state index in [4.69, 9.17) is 4.98 Å². The van der Waals surface area contributed by atoms with Gasteiger partial charge in [0, 0.05) is 27.8 Å². The summed E-state index contributed by atoms with van der Waals surface area (Å²) in [6.45, 7) is 2.37. The van der Waals surface area contributed by atoms with Gasteiger partial charge in [-0.2, -0.15) is 0 Å². The van der Waals surface area contributed by atoms with Crippen LogP contribution in [0.15, 0.2) is 95.5 Å². The molecule has 0 spiro atoms. The maximum atomic E-state index is 13.3. The Bertz CT molecular complexity index is 1550. The molecule has 0 bridgehead atoms. The molecule has 1 amide bonds. The van der Waals surface area contributed by atoms with Crippen LogP contribution in [-0.4, -0.2) is 33.4 Å². The molecule has 36 heavy (non-hydrogen) atoms. The zero-order chi connectivity index (χ0) is 24.5. The van der Waals surface area contributed by atoms with Crippen LogP contribution in [0, 0.1) is 5.92 Å². The number of hydrogen-bond donors (Lipinski definition) is 1. The minimum absolute atomic E-state index is 0.0542. The number of piperidine rings is 1. The largest absolute Gasteiger partial charge is 0.325 e. The molecule has 6 heteroatoms. The summed E-state index contributed by atoms with van der Waals surface area (Å²) < 4.78 is 3.27. The van der Waals surface area contributed by atoms with Gasteiger partial charge in [-0.3, -0.25) is 14.3 Å². The number of imidazole rings is 1. The van der Waals surface area contributed by atoms with E-state index in [0.717, 1.165) is 69.4 Å². The SMILES string of the molecule is O=C(Nc1cccc2ccccc12)[C@@H]1CCCN(Cc2nc3ccccc3n2-c2cccc(Br)c2)C1. The Kier molecular flexibility index (Phi) is 6.30. The monoisotopic (exact) mass is 538 g/mol. The fourth-order valence-corrected chi connectivity index (χ4v) is 5.65. The van der Waals surface area contributed by atoms with Crippen molar-refractivity contribution in [2.75, 3.05) is 18.4 Å². The molecule has 5 nitrogen and oxygen atoms in total. The zero-order valence-corrected chi connectivity index (χ0v) is 21.5. The van der Waals surface area contributed by atoms with Crippen molar-refractivity contribution >= 4 is 49.3 Å². The molecular weight excluding hydrogens is 512 g/mol. The molecule has 0 aliphatic carbocycles. The molecule has 1 N–H and O–H groups in total. The average Bonchev–Trinajstić information content (AvgIpc) is 3.27. The van der Waals surface area contributed by atoms with Crippen molar-refractivity contribution in [1.29, 1.82) is 0 Å². The van der Waals surface area contributed by atoms with E-state index in [1.165, 1.54) is 0 Å². The predicted octanol–water partition coefficient (Wildman–Crippen LogP) is 6.79. The van der Waals surface area contributed by atoms with Crippen LogP contribution in [0.25, 0.3) is 27.5 Å². The van der Waals surface area contributed by atoms with E-state index < -0.39 is 0 Å². The van der Waals surface area contributed by atoms with E-state index in [0.29, 0.717) is 6.54 Å². The molecule has 0 saturated carbocycles. The van der Waals surface area contributed by atoms with Crippen molar-refractivity contribution in [2.45, 2.75) is 19.4 Å². The molecule has 6 rings (SSSR count). The fourth-order valence-electron chi connectivity index (χ4n) is 5.27. The van der Waals surface area contributed by atoms with Gasteiger partial charge < -0.3 is 5.32 Å². The summed E-state index contributed by atoms with van der Waals surface area (Å²) in [7, 11) is 0. The molecule has 1 saturated heterocycles. The first-order valence-corrected chi connectivity index (χ1v) is 13.2. The number of halogens is 1. The number of nitrogens with one attached hydrogen (secondary N) is 1. The van der Waals surface area contributed by atoms with Gasteiger partial charge in [-0.1, -0.05) is 70.5 Å². The first-order valence-electron chi connectivity index (χ1n) is 12.4. The number of hydrogen-bond acceptors (Lipinski definition) is 3. The molecule has 4 aromatic carbocycles. The van der Waals surface area contributed by atoms with Crippen LogP contribution in [0.5, 0.6) is 0 Å². The minimum atomic E-state index is -0.0542. The number of likely N-dealkylation sites (tertiary alicyclic amines) is 1. The molecule has 1 fully saturated rings. The summed E-state index contributed by atoms with van der Waals surface area (Å²) in [4.78, 5) is 20.7. The standard InChI is InChI=1S/C30H27BrN4O/c31-23-11-6-12-24(18-23)35-28-16-4-3-14-27(28)32-29(35)20-34-17-7-10-22(19-34)30(36)33-26-15-5-9-21-8-1-2-13-25(21)26/h1-6,8-9,11-16,18,22H,7,10,17,19-20H2,(H,33,36)/t22-/m1/s1. The first kappa shape index (κ1) is 23.0. The van der Waals surface area contributed by atoms with Gasteiger partial charge in [0.15, 0.2) is 0 Å². The molecule has 1 aliphatic rings. The summed E-state index contributed by atoms with van der Waals surface area (Å²) >= 11 is 3.61. The van der Waals surface area contributed by atoms with Crippen molar-refractivity contribution in [3.63, 3.8) is 0 Å². The van der Waals surface area contributed by atoms with Crippen LogP contribution in [0.1, 0.15) is 18.7 Å². The number of benzene rings is 4. The third-order valence-electron chi connectivity index (χ3n) is 6.99. The highest BCUT2D eigenvalue weighted by Crippen LogP contribution is 2.28. The Labute approximate surface area is 218 Å². The Morgan fingerprint density at radius 1 is 0.972 bits per heavy atom. The van der Waals surface area contributed by atoms with Gasteiger partial charge in [0.2, 0.25) is 5.91 Å². The summed E-state index contributed by atoms with van der Waals surface area (Å²) in [5, 5.41) is 5.42. The van der Waals surface area contributed by atoms with Crippen molar-refractivity contribution in [3.05, 3.63) is 101 Å². The second kappa shape index (κ2) is 9.88. The molecule has 180 valence electrons. The highest BCUT2D eigenvalue weighted by atomic mass is 79.9. The van der Waals surface area contributed by atoms with Crippen molar-refractivity contribution in [1.82, 2.24) is 14.5 Å². The van der Waals surface area contributed by atoms with Gasteiger partial charge in [-0.25, -0.2) is 4.98 Å². The predicted molar refractivity (Wildman–Crippen MR) is 149 cm³/mol. The zero-order valence-electron chi connectivity index (χ0n) is 19.9. The van der Waals surface area contributed by atoms with E-state index in [-0.39, 0.29) is 11.8 Å². The Hall–Kier alpha value is -3.48. The highest BCUT2D eigenvalue weighted by molar-refractivity contribution is 9.10. The van der Waals surface area contributed by atoms with Gasteiger partial charge in [-0.15, -0.1) is 0 Å². The molecule has 1 atom stereocenters. The van der Waals surface area contributed by atoms with Gasteiger partial charge in [0.1, 0.15) is 5.82 Å². The van der Waals surface area contributed by atoms with Gasteiger partial charge in [-0.05, 0) is 61.2 Å². The summed E-state index contributed by atoms with van der Waals surface area (Å²) in [5.74, 6) is 1.03. The lowest BCUT2D eigenvalue weighted by Crippen LogP contribution is -2.40. The van der Waals surface area contributed by atoms with Crippen LogP contribution in [-0.2, 0) is 11.3 Å². The quantitative estimate of drug-likeness (QED) is 0.268. The molecule has 1 aliphatic heterocycles. The lowest BCUT2D eigenvalue weighted by atomic mass is 9.96. The summed E-state index contributed by atoms with van der Waals surface area (Å²) in [6.07, 6.45) is 1.89. The molecule has 1 aromatic heterocycles. The second-order valence-corrected chi connectivity index (χ2v) is 10.3. The van der Waals surface area contributed by atoms with E-state index in [2.05, 4.69) is 79.2 Å². The van der Waals surface area contributed by atoms with E-state index in [9.17, 15) is 4.79 Å². The van der Waals surface area contributed by atoms with E-state index in [1.54, 1.807) is 0 Å². The summed E-state index contributed by atoms with van der Waals surface area (Å²) in [6, 6.07) is 30.8. The minimum Gasteiger partial charge on any atom is -0.325 e. The summed E-state index contributed by atoms with van der Waals surface area (Å²) in [5.41, 5.74) is 4.03. The lowest BCUT2D eigenvalue weighted by Gasteiger charge is -2.32. The molecule has 0 radical (unpaired) electrons. The molecule has 0 unspecified atom stereocenters. The number of carbonyl (C=O) groups excluding carboxylic acids is 1. The second-order valence-electron chi connectivity index (χ2n) is 9.42. The third-order valence-corrected chi connectivity index (χ3v) is 7.48. The first-order chi connectivity index (χ1) is 17.7. The van der Waals surface area contributed by atoms with Crippen LogP contribution in [0.4, 0.5) is 5.69 Å². The lowest BCUT2D eigenvalue weighted by molar-refractivity contribution is -0.121. The van der Waals surface area contributed by atoms with Crippen LogP contribution < -0.4 is 5.32 Å². The number of aromatic nitrogens is 2. The van der Waals surface area contributed by atoms with Crippen LogP contribution in [0.2, 0.25) is 0 Å². The van der Waals surface area contributed by atoms with Crippen molar-refractivity contribution in [2.24, 2.45) is 5.92 Å². The number of para-hydroxylation sites is 2. The molecular formula is C30H27BrN4O. The maximum Gasteiger partial charge on any atom is 0.228 e. The van der Waals surface area contributed by atoms with E-state index >= 15 is 0 Å². The number of anilines is 1. The number of rotatable bonds is 5. The smallest absolute Gasteiger partial charge is 0.228 e. The van der Waals surface area contributed by atoms with Gasteiger partial charge in [0.05, 0.1) is 23.5 Å². The molecule has 2 heterocycles. The number of nitrogens with zero attached hydrogens (tertiary/aromatic N) is 3. The Balaban J connectivity index is 1.24. The average molecular weight is 539 g/mol. The molecule has 5 aromatic rings. The van der Waals surface area contributed by atoms with Crippen LogP contribution in [0.3, 0.4) is 0 Å². The van der Waals surface area contributed by atoms with Crippen LogP contribution >= 0.6 is 15.9 Å². The van der Waals surface area contributed by atoms with Crippen molar-refractivity contribution < 1.29 is 4.79 Å². The Morgan fingerprint density at radius 2 is 1.78 bits per heavy atom. The highest BCUT2D eigenvalue weighted by Gasteiger charge is 2.27. The number of carbonyl (C=O) groups is 1. The number of fused-ring (bicyclic) bond motifs is 2. The third kappa shape index (κ3) is 4.54. The Morgan fingerprint density at radius 3 is 2.69 bits per heavy atom. The van der Waals surface area contributed by atoms with Gasteiger partial charge >= 0.3 is 0 Å².